The van der Waals surface area contributed by atoms with Gasteiger partial charge in [0.15, 0.2) is 5.96 Å². The smallest absolute Gasteiger partial charge is 0.195 e. The van der Waals surface area contributed by atoms with Gasteiger partial charge < -0.3 is 10.6 Å². The van der Waals surface area contributed by atoms with E-state index in [1.165, 1.54) is 0 Å². The lowest BCUT2D eigenvalue weighted by Gasteiger charge is -2.12. The highest BCUT2D eigenvalue weighted by Crippen LogP contribution is 2.28. The third-order valence-electron chi connectivity index (χ3n) is 2.40. The Morgan fingerprint density at radius 1 is 1.33 bits per heavy atom. The molecule has 0 aliphatic heterocycles. The third-order valence-corrected chi connectivity index (χ3v) is 3.20. The molecule has 0 atom stereocenters. The summed E-state index contributed by atoms with van der Waals surface area (Å²) in [6.45, 7) is 2.83. The largest absolute Gasteiger partial charge is 0.356 e. The zero-order chi connectivity index (χ0) is 13.0. The molecule has 0 fully saturated rings. The normalized spacial score (nSPS) is 11.6. The molecule has 6 heteroatoms. The van der Waals surface area contributed by atoms with E-state index < -0.39 is 0 Å². The lowest BCUT2D eigenvalue weighted by Crippen LogP contribution is -2.30. The Morgan fingerprint density at radius 2 is 2.11 bits per heavy atom. The molecule has 1 aromatic carbocycles. The van der Waals surface area contributed by atoms with Crippen molar-refractivity contribution in [2.75, 3.05) is 18.9 Å². The Labute approximate surface area is 114 Å². The summed E-state index contributed by atoms with van der Waals surface area (Å²) in [5, 5.41) is 6.35. The predicted molar refractivity (Wildman–Crippen MR) is 77.9 cm³/mol. The molecule has 2 aromatic rings. The number of hydrogen-bond acceptors (Lipinski definition) is 3. The van der Waals surface area contributed by atoms with E-state index in [1.54, 1.807) is 19.4 Å². The number of fused-ring (bicyclic) bond motifs is 1. The fraction of sp³-hybridized carbons (Fsp3) is 0.250. The Kier molecular flexibility index (Phi) is 4.09. The van der Waals surface area contributed by atoms with Crippen LogP contribution in [0.4, 0.5) is 5.69 Å². The average Bonchev–Trinajstić information content (AvgIpc) is 2.41. The monoisotopic (exact) mass is 307 g/mol. The molecule has 5 nitrogen and oxygen atoms in total. The number of nitrogens with zero attached hydrogens (tertiary/aromatic N) is 3. The van der Waals surface area contributed by atoms with Gasteiger partial charge in [0, 0.05) is 26.0 Å². The first-order valence-corrected chi connectivity index (χ1v) is 6.42. The molecule has 1 aromatic heterocycles. The highest BCUT2D eigenvalue weighted by Gasteiger charge is 2.08. The lowest BCUT2D eigenvalue weighted by atomic mass is 10.2. The minimum absolute atomic E-state index is 0.724. The summed E-state index contributed by atoms with van der Waals surface area (Å²) < 4.78 is 0.882. The number of aliphatic imine (C=N–C) groups is 1. The molecule has 0 saturated carbocycles. The van der Waals surface area contributed by atoms with E-state index in [1.807, 2.05) is 19.1 Å². The second-order valence-corrected chi connectivity index (χ2v) is 4.37. The van der Waals surface area contributed by atoms with Crippen LogP contribution in [-0.2, 0) is 0 Å². The van der Waals surface area contributed by atoms with Gasteiger partial charge in [-0.15, -0.1) is 0 Å². The van der Waals surface area contributed by atoms with E-state index in [0.29, 0.717) is 0 Å². The molecule has 18 heavy (non-hydrogen) atoms. The SMILES string of the molecule is CCNC(=NC)Nc1ccc2nccnc2c1Br. The summed E-state index contributed by atoms with van der Waals surface area (Å²) in [7, 11) is 1.74. The van der Waals surface area contributed by atoms with Crippen LogP contribution in [0.25, 0.3) is 11.0 Å². The second-order valence-electron chi connectivity index (χ2n) is 3.58. The quantitative estimate of drug-likeness (QED) is 0.660. The van der Waals surface area contributed by atoms with Crippen molar-refractivity contribution >= 4 is 38.6 Å². The number of nitrogens with one attached hydrogen (secondary N) is 2. The van der Waals surface area contributed by atoms with Crippen LogP contribution in [-0.4, -0.2) is 29.5 Å². The first-order chi connectivity index (χ1) is 8.76. The van der Waals surface area contributed by atoms with E-state index in [2.05, 4.69) is 41.5 Å². The van der Waals surface area contributed by atoms with Gasteiger partial charge in [0.1, 0.15) is 5.52 Å². The molecule has 0 bridgehead atoms. The van der Waals surface area contributed by atoms with Crippen LogP contribution >= 0.6 is 15.9 Å². The van der Waals surface area contributed by atoms with E-state index >= 15 is 0 Å². The van der Waals surface area contributed by atoms with E-state index in [9.17, 15) is 0 Å². The maximum Gasteiger partial charge on any atom is 0.195 e. The molecular formula is C12H14BrN5. The molecule has 2 N–H and O–H groups in total. The van der Waals surface area contributed by atoms with Gasteiger partial charge in [-0.1, -0.05) is 0 Å². The van der Waals surface area contributed by atoms with Crippen LogP contribution in [0.3, 0.4) is 0 Å². The number of aromatic nitrogens is 2. The molecule has 0 radical (unpaired) electrons. The summed E-state index contributed by atoms with van der Waals surface area (Å²) in [5.41, 5.74) is 2.59. The van der Waals surface area contributed by atoms with Gasteiger partial charge in [0.25, 0.3) is 0 Å². The lowest BCUT2D eigenvalue weighted by molar-refractivity contribution is 0.958. The minimum atomic E-state index is 0.724. The van der Waals surface area contributed by atoms with Crippen molar-refractivity contribution in [3.8, 4) is 0 Å². The van der Waals surface area contributed by atoms with Crippen LogP contribution in [0.2, 0.25) is 0 Å². The third kappa shape index (κ3) is 2.59. The van der Waals surface area contributed by atoms with Gasteiger partial charge in [0.2, 0.25) is 0 Å². The van der Waals surface area contributed by atoms with Crippen molar-refractivity contribution in [3.63, 3.8) is 0 Å². The molecule has 0 spiro atoms. The van der Waals surface area contributed by atoms with Gasteiger partial charge >= 0.3 is 0 Å². The van der Waals surface area contributed by atoms with Gasteiger partial charge in [-0.05, 0) is 35.0 Å². The van der Waals surface area contributed by atoms with E-state index in [4.69, 9.17) is 0 Å². The van der Waals surface area contributed by atoms with E-state index in [0.717, 1.165) is 33.7 Å². The maximum absolute atomic E-state index is 4.31. The fourth-order valence-electron chi connectivity index (χ4n) is 1.57. The molecule has 94 valence electrons. The van der Waals surface area contributed by atoms with Crippen LogP contribution in [0.5, 0.6) is 0 Å². The number of benzene rings is 1. The number of halogens is 1. The zero-order valence-electron chi connectivity index (χ0n) is 10.2. The molecule has 0 unspecified atom stereocenters. The summed E-state index contributed by atoms with van der Waals surface area (Å²) >= 11 is 3.54. The highest BCUT2D eigenvalue weighted by molar-refractivity contribution is 9.10. The van der Waals surface area contributed by atoms with Crippen LogP contribution in [0.1, 0.15) is 6.92 Å². The standard InChI is InChI=1S/C12H14BrN5/c1-3-15-12(14-2)18-8-4-5-9-11(10(8)13)17-7-6-16-9/h4-7H,3H2,1-2H3,(H2,14,15,18). The first-order valence-electron chi connectivity index (χ1n) is 5.63. The second kappa shape index (κ2) is 5.77. The highest BCUT2D eigenvalue weighted by atomic mass is 79.9. The molecule has 2 rings (SSSR count). The number of anilines is 1. The summed E-state index contributed by atoms with van der Waals surface area (Å²) in [6.07, 6.45) is 3.36. The van der Waals surface area contributed by atoms with Crippen molar-refractivity contribution < 1.29 is 0 Å². The van der Waals surface area contributed by atoms with E-state index in [-0.39, 0.29) is 0 Å². The van der Waals surface area contributed by atoms with Crippen LogP contribution < -0.4 is 10.6 Å². The van der Waals surface area contributed by atoms with Gasteiger partial charge in [-0.3, -0.25) is 15.0 Å². The Balaban J connectivity index is 2.37. The predicted octanol–water partition coefficient (Wildman–Crippen LogP) is 2.40. The molecule has 0 saturated heterocycles. The summed E-state index contributed by atoms with van der Waals surface area (Å²) in [5.74, 6) is 0.724. The Morgan fingerprint density at radius 3 is 2.83 bits per heavy atom. The van der Waals surface area contributed by atoms with Crippen molar-refractivity contribution in [1.82, 2.24) is 15.3 Å². The van der Waals surface area contributed by atoms with Crippen molar-refractivity contribution in [2.45, 2.75) is 6.92 Å². The maximum atomic E-state index is 4.31. The Bertz CT molecular complexity index is 582. The Hall–Kier alpha value is -1.69. The molecule has 1 heterocycles. The van der Waals surface area contributed by atoms with Crippen LogP contribution in [0, 0.1) is 0 Å². The number of guanidine groups is 1. The fourth-order valence-corrected chi connectivity index (χ4v) is 2.11. The topological polar surface area (TPSA) is 62.2 Å². The van der Waals surface area contributed by atoms with Crippen molar-refractivity contribution in [1.29, 1.82) is 0 Å². The molecule has 0 amide bonds. The van der Waals surface area contributed by atoms with Gasteiger partial charge in [-0.2, -0.15) is 0 Å². The minimum Gasteiger partial charge on any atom is -0.356 e. The van der Waals surface area contributed by atoms with Crippen molar-refractivity contribution in [3.05, 3.63) is 29.0 Å². The summed E-state index contributed by atoms with van der Waals surface area (Å²) in [6, 6.07) is 3.87. The van der Waals surface area contributed by atoms with Gasteiger partial charge in [0.05, 0.1) is 15.7 Å². The van der Waals surface area contributed by atoms with Crippen LogP contribution in [0.15, 0.2) is 34.0 Å². The van der Waals surface area contributed by atoms with Crippen molar-refractivity contribution in [2.24, 2.45) is 4.99 Å². The first kappa shape index (κ1) is 12.8. The summed E-state index contributed by atoms with van der Waals surface area (Å²) in [4.78, 5) is 12.7. The number of hydrogen-bond donors (Lipinski definition) is 2. The average molecular weight is 308 g/mol. The van der Waals surface area contributed by atoms with Gasteiger partial charge in [-0.25, -0.2) is 0 Å². The zero-order valence-corrected chi connectivity index (χ0v) is 11.8. The molecule has 0 aliphatic rings. The molecule has 0 aliphatic carbocycles. The molecular weight excluding hydrogens is 294 g/mol. The number of rotatable bonds is 2.